The van der Waals surface area contributed by atoms with Crippen LogP contribution >= 0.6 is 0 Å². The van der Waals surface area contributed by atoms with Crippen molar-refractivity contribution in [3.8, 4) is 5.75 Å². The molecule has 1 aromatic heterocycles. The Kier molecular flexibility index (Phi) is 2.41. The van der Waals surface area contributed by atoms with Gasteiger partial charge in [0.25, 0.3) is 5.56 Å². The average Bonchev–Trinajstić information content (AvgIpc) is 1.95. The van der Waals surface area contributed by atoms with E-state index in [9.17, 15) is 18.0 Å². The van der Waals surface area contributed by atoms with Crippen molar-refractivity contribution in [1.29, 1.82) is 0 Å². The number of alkyl halides is 3. The van der Waals surface area contributed by atoms with Crippen LogP contribution in [0, 0.1) is 6.92 Å². The van der Waals surface area contributed by atoms with Crippen molar-refractivity contribution in [3.05, 3.63) is 22.1 Å². The summed E-state index contributed by atoms with van der Waals surface area (Å²) in [6.07, 6.45) is -4.92. The summed E-state index contributed by atoms with van der Waals surface area (Å²) in [5, 5.41) is 0. The molecule has 0 atom stereocenters. The van der Waals surface area contributed by atoms with Gasteiger partial charge < -0.3 is 15.5 Å². The van der Waals surface area contributed by atoms with Gasteiger partial charge in [0.15, 0.2) is 0 Å². The summed E-state index contributed by atoms with van der Waals surface area (Å²) >= 11 is 0. The Hall–Kier alpha value is -1.66. The molecule has 0 amide bonds. The molecule has 3 N–H and O–H groups in total. The van der Waals surface area contributed by atoms with Crippen LogP contribution in [0.5, 0.6) is 5.75 Å². The number of H-pyrrole nitrogens is 1. The van der Waals surface area contributed by atoms with Crippen molar-refractivity contribution >= 4 is 5.69 Å². The van der Waals surface area contributed by atoms with E-state index < -0.39 is 17.7 Å². The zero-order valence-corrected chi connectivity index (χ0v) is 7.11. The molecular formula is C7H7F3N2O2. The summed E-state index contributed by atoms with van der Waals surface area (Å²) in [5.74, 6) is -0.928. The van der Waals surface area contributed by atoms with Crippen LogP contribution in [-0.4, -0.2) is 11.3 Å². The number of pyridine rings is 1. The maximum atomic E-state index is 11.8. The Morgan fingerprint density at radius 3 is 2.50 bits per heavy atom. The predicted octanol–water partition coefficient (Wildman–Crippen LogP) is 1.16. The fourth-order valence-corrected chi connectivity index (χ4v) is 0.923. The minimum absolute atomic E-state index is 0.344. The standard InChI is InChI=1S/C7H7F3N2O2/c1-3-2-4(11)5(6(13)12-3)14-7(8,9)10/h2H,1H3,(H3,11,12,13). The number of hydrogen-bond acceptors (Lipinski definition) is 3. The number of nitrogens with two attached hydrogens (primary N) is 1. The molecule has 78 valence electrons. The fourth-order valence-electron chi connectivity index (χ4n) is 0.923. The number of ether oxygens (including phenoxy) is 1. The van der Waals surface area contributed by atoms with Crippen molar-refractivity contribution < 1.29 is 17.9 Å². The quantitative estimate of drug-likeness (QED) is 0.727. The van der Waals surface area contributed by atoms with Crippen LogP contribution in [0.25, 0.3) is 0 Å². The molecule has 0 saturated carbocycles. The topological polar surface area (TPSA) is 68.1 Å². The van der Waals surface area contributed by atoms with Gasteiger partial charge in [-0.25, -0.2) is 0 Å². The number of anilines is 1. The zero-order chi connectivity index (χ0) is 10.9. The van der Waals surface area contributed by atoms with Gasteiger partial charge in [-0.3, -0.25) is 4.79 Å². The van der Waals surface area contributed by atoms with Crippen LogP contribution < -0.4 is 16.0 Å². The summed E-state index contributed by atoms with van der Waals surface area (Å²) in [6.45, 7) is 1.50. The zero-order valence-electron chi connectivity index (χ0n) is 7.11. The number of aromatic nitrogens is 1. The molecule has 0 aliphatic carbocycles. The van der Waals surface area contributed by atoms with Crippen LogP contribution in [0.2, 0.25) is 0 Å². The summed E-state index contributed by atoms with van der Waals surface area (Å²) in [5.41, 5.74) is 4.20. The molecule has 0 unspecified atom stereocenters. The first kappa shape index (κ1) is 10.4. The summed E-state index contributed by atoms with van der Waals surface area (Å²) < 4.78 is 38.8. The largest absolute Gasteiger partial charge is 0.573 e. The van der Waals surface area contributed by atoms with E-state index in [0.29, 0.717) is 5.69 Å². The fraction of sp³-hybridized carbons (Fsp3) is 0.286. The molecule has 0 radical (unpaired) electrons. The number of rotatable bonds is 1. The number of nitrogens with one attached hydrogen (secondary N) is 1. The van der Waals surface area contributed by atoms with Crippen LogP contribution in [0.15, 0.2) is 10.9 Å². The second-order valence-corrected chi connectivity index (χ2v) is 2.61. The van der Waals surface area contributed by atoms with Crippen LogP contribution in [0.1, 0.15) is 5.69 Å². The highest BCUT2D eigenvalue weighted by atomic mass is 19.4. The molecule has 7 heteroatoms. The minimum Gasteiger partial charge on any atom is -0.398 e. The Morgan fingerprint density at radius 2 is 2.07 bits per heavy atom. The third-order valence-corrected chi connectivity index (χ3v) is 1.37. The molecule has 0 saturated heterocycles. The lowest BCUT2D eigenvalue weighted by Gasteiger charge is -2.09. The van der Waals surface area contributed by atoms with Gasteiger partial charge >= 0.3 is 6.36 Å². The predicted molar refractivity (Wildman–Crippen MR) is 42.9 cm³/mol. The molecule has 0 aliphatic rings. The lowest BCUT2D eigenvalue weighted by Crippen LogP contribution is -2.24. The van der Waals surface area contributed by atoms with Gasteiger partial charge in [0.05, 0.1) is 5.69 Å². The number of hydrogen-bond donors (Lipinski definition) is 2. The van der Waals surface area contributed by atoms with Gasteiger partial charge in [0.1, 0.15) is 0 Å². The second kappa shape index (κ2) is 3.24. The molecule has 0 bridgehead atoms. The molecule has 4 nitrogen and oxygen atoms in total. The third-order valence-electron chi connectivity index (χ3n) is 1.37. The van der Waals surface area contributed by atoms with Gasteiger partial charge in [0.2, 0.25) is 5.75 Å². The Morgan fingerprint density at radius 1 is 1.50 bits per heavy atom. The van der Waals surface area contributed by atoms with E-state index in [4.69, 9.17) is 5.73 Å². The lowest BCUT2D eigenvalue weighted by atomic mass is 10.3. The SMILES string of the molecule is Cc1cc(N)c(OC(F)(F)F)c(=O)[nH]1. The van der Waals surface area contributed by atoms with Crippen molar-refractivity contribution in [2.24, 2.45) is 0 Å². The minimum atomic E-state index is -4.92. The van der Waals surface area contributed by atoms with E-state index in [-0.39, 0.29) is 5.69 Å². The lowest BCUT2D eigenvalue weighted by molar-refractivity contribution is -0.274. The van der Waals surface area contributed by atoms with Crippen LogP contribution in [-0.2, 0) is 0 Å². The maximum absolute atomic E-state index is 11.8. The second-order valence-electron chi connectivity index (χ2n) is 2.61. The van der Waals surface area contributed by atoms with Gasteiger partial charge in [-0.15, -0.1) is 13.2 Å². The first-order valence-electron chi connectivity index (χ1n) is 3.55. The number of aromatic amines is 1. The first-order chi connectivity index (χ1) is 6.29. The third kappa shape index (κ3) is 2.41. The van der Waals surface area contributed by atoms with Crippen molar-refractivity contribution in [1.82, 2.24) is 4.98 Å². The Bertz CT molecular complexity index is 397. The van der Waals surface area contributed by atoms with E-state index >= 15 is 0 Å². The molecular weight excluding hydrogens is 201 g/mol. The molecule has 1 aromatic rings. The van der Waals surface area contributed by atoms with Gasteiger partial charge in [-0.05, 0) is 13.0 Å². The molecule has 0 aliphatic heterocycles. The molecule has 1 rings (SSSR count). The molecule has 1 heterocycles. The van der Waals surface area contributed by atoms with E-state index in [1.54, 1.807) is 0 Å². The van der Waals surface area contributed by atoms with Crippen molar-refractivity contribution in [3.63, 3.8) is 0 Å². The van der Waals surface area contributed by atoms with E-state index in [0.717, 1.165) is 0 Å². The van der Waals surface area contributed by atoms with Gasteiger partial charge in [0, 0.05) is 5.69 Å². The monoisotopic (exact) mass is 208 g/mol. The molecule has 0 spiro atoms. The van der Waals surface area contributed by atoms with Gasteiger partial charge in [-0.2, -0.15) is 0 Å². The number of halogens is 3. The van der Waals surface area contributed by atoms with E-state index in [1.165, 1.54) is 13.0 Å². The first-order valence-corrected chi connectivity index (χ1v) is 3.55. The molecule has 0 aromatic carbocycles. The Labute approximate surface area is 76.5 Å². The summed E-state index contributed by atoms with van der Waals surface area (Å²) in [6, 6.07) is 1.18. The average molecular weight is 208 g/mol. The van der Waals surface area contributed by atoms with Crippen molar-refractivity contribution in [2.75, 3.05) is 5.73 Å². The van der Waals surface area contributed by atoms with E-state index in [2.05, 4.69) is 9.72 Å². The number of aryl methyl sites for hydroxylation is 1. The highest BCUT2D eigenvalue weighted by molar-refractivity contribution is 5.51. The molecule has 14 heavy (non-hydrogen) atoms. The molecule has 0 fully saturated rings. The van der Waals surface area contributed by atoms with E-state index in [1.807, 2.05) is 0 Å². The maximum Gasteiger partial charge on any atom is 0.573 e. The summed E-state index contributed by atoms with van der Waals surface area (Å²) in [4.78, 5) is 13.1. The van der Waals surface area contributed by atoms with Crippen LogP contribution in [0.3, 0.4) is 0 Å². The smallest absolute Gasteiger partial charge is 0.398 e. The Balaban J connectivity index is 3.16. The van der Waals surface area contributed by atoms with Gasteiger partial charge in [-0.1, -0.05) is 0 Å². The van der Waals surface area contributed by atoms with Crippen LogP contribution in [0.4, 0.5) is 18.9 Å². The van der Waals surface area contributed by atoms with Crippen molar-refractivity contribution in [2.45, 2.75) is 13.3 Å². The summed E-state index contributed by atoms with van der Waals surface area (Å²) in [7, 11) is 0. The number of nitrogen functional groups attached to an aromatic ring is 1. The highest BCUT2D eigenvalue weighted by Gasteiger charge is 2.33. The normalized spacial score (nSPS) is 11.4. The highest BCUT2D eigenvalue weighted by Crippen LogP contribution is 2.24.